The van der Waals surface area contributed by atoms with Gasteiger partial charge in [-0.1, -0.05) is 28.9 Å². The Bertz CT molecular complexity index is 608. The molecule has 140 valence electrons. The highest BCUT2D eigenvalue weighted by Gasteiger charge is 2.15. The minimum atomic E-state index is -1.12. The summed E-state index contributed by atoms with van der Waals surface area (Å²) in [6.45, 7) is 11.1. The van der Waals surface area contributed by atoms with Crippen LogP contribution in [0.15, 0.2) is 35.7 Å². The fourth-order valence-electron chi connectivity index (χ4n) is 2.64. The Morgan fingerprint density at radius 3 is 2.76 bits per heavy atom. The van der Waals surface area contributed by atoms with Crippen molar-refractivity contribution in [1.82, 2.24) is 5.32 Å². The smallest absolute Gasteiger partial charge is 0.217 e. The van der Waals surface area contributed by atoms with Crippen molar-refractivity contribution in [3.63, 3.8) is 0 Å². The first-order chi connectivity index (χ1) is 11.9. The molecule has 0 unspecified atom stereocenters. The van der Waals surface area contributed by atoms with Crippen molar-refractivity contribution in [1.29, 1.82) is 0 Å². The minimum Gasteiger partial charge on any atom is -0.493 e. The highest BCUT2D eigenvalue weighted by molar-refractivity contribution is 8.28. The number of hydrogen-bond acceptors (Lipinski definition) is 4. The molecule has 1 fully saturated rings. The van der Waals surface area contributed by atoms with Gasteiger partial charge in [-0.3, -0.25) is 0 Å². The van der Waals surface area contributed by atoms with Gasteiger partial charge in [0.2, 0.25) is 5.88 Å². The largest absolute Gasteiger partial charge is 0.493 e. The van der Waals surface area contributed by atoms with Crippen molar-refractivity contribution < 1.29 is 8.92 Å². The lowest BCUT2D eigenvalue weighted by molar-refractivity contribution is 0.215. The van der Waals surface area contributed by atoms with E-state index in [0.717, 1.165) is 36.8 Å². The fraction of sp³-hybridized carbons (Fsp3) is 0.550. The van der Waals surface area contributed by atoms with Gasteiger partial charge in [-0.2, -0.15) is 0 Å². The highest BCUT2D eigenvalue weighted by Crippen LogP contribution is 2.42. The van der Waals surface area contributed by atoms with Crippen LogP contribution in [-0.4, -0.2) is 44.2 Å². The standard InChI is InChI=1S/C20H32N2O2S/c1-6-25(4,5)24-17(3)22-14-19-13-16(2)7-8-20(19)23-15-18-9-11-21-12-10-18/h7-8,13-14,18,21H,3,6,9-12,15H2,1-2,4-5H3/b22-14+. The molecular weight excluding hydrogens is 332 g/mol. The fourth-order valence-corrected chi connectivity index (χ4v) is 3.32. The van der Waals surface area contributed by atoms with Gasteiger partial charge in [-0.25, -0.2) is 4.99 Å². The molecule has 0 aromatic heterocycles. The number of ether oxygens (including phenoxy) is 1. The molecule has 0 aliphatic carbocycles. The topological polar surface area (TPSA) is 42.8 Å². The Morgan fingerprint density at radius 1 is 1.36 bits per heavy atom. The molecule has 0 saturated carbocycles. The maximum absolute atomic E-state index is 6.10. The van der Waals surface area contributed by atoms with Crippen molar-refractivity contribution in [3.8, 4) is 5.75 Å². The van der Waals surface area contributed by atoms with Gasteiger partial charge < -0.3 is 14.2 Å². The third-order valence-electron chi connectivity index (χ3n) is 4.46. The normalized spacial score (nSPS) is 16.8. The van der Waals surface area contributed by atoms with E-state index in [1.54, 1.807) is 6.21 Å². The van der Waals surface area contributed by atoms with E-state index in [1.165, 1.54) is 18.4 Å². The zero-order chi connectivity index (χ0) is 18.3. The van der Waals surface area contributed by atoms with E-state index in [4.69, 9.17) is 8.92 Å². The number of aryl methyl sites for hydroxylation is 1. The lowest BCUT2D eigenvalue weighted by Crippen LogP contribution is -2.30. The number of hydrogen-bond donors (Lipinski definition) is 1. The van der Waals surface area contributed by atoms with Crippen LogP contribution >= 0.6 is 10.3 Å². The second kappa shape index (κ2) is 9.30. The molecule has 1 aliphatic heterocycles. The monoisotopic (exact) mass is 364 g/mol. The van der Waals surface area contributed by atoms with E-state index in [-0.39, 0.29) is 0 Å². The van der Waals surface area contributed by atoms with E-state index in [1.807, 2.05) is 6.07 Å². The number of nitrogens with one attached hydrogen (secondary N) is 1. The first kappa shape index (κ1) is 19.9. The van der Waals surface area contributed by atoms with Gasteiger partial charge in [0.25, 0.3) is 0 Å². The summed E-state index contributed by atoms with van der Waals surface area (Å²) < 4.78 is 12.0. The van der Waals surface area contributed by atoms with Gasteiger partial charge in [0.15, 0.2) is 0 Å². The molecule has 1 aromatic rings. The van der Waals surface area contributed by atoms with Crippen LogP contribution in [0.4, 0.5) is 0 Å². The van der Waals surface area contributed by atoms with Gasteiger partial charge in [0.1, 0.15) is 5.75 Å². The summed E-state index contributed by atoms with van der Waals surface area (Å²) in [6.07, 6.45) is 8.39. The van der Waals surface area contributed by atoms with Crippen molar-refractivity contribution in [3.05, 3.63) is 41.8 Å². The van der Waals surface area contributed by atoms with E-state index < -0.39 is 10.3 Å². The predicted molar refractivity (Wildman–Crippen MR) is 110 cm³/mol. The van der Waals surface area contributed by atoms with Crippen LogP contribution in [0.3, 0.4) is 0 Å². The number of aliphatic imine (C=N–C) groups is 1. The van der Waals surface area contributed by atoms with Crippen molar-refractivity contribution >= 4 is 16.5 Å². The summed E-state index contributed by atoms with van der Waals surface area (Å²) in [6, 6.07) is 6.19. The van der Waals surface area contributed by atoms with Crippen LogP contribution in [0.1, 0.15) is 30.9 Å². The summed E-state index contributed by atoms with van der Waals surface area (Å²) in [5.74, 6) is 2.95. The zero-order valence-electron chi connectivity index (χ0n) is 16.0. The van der Waals surface area contributed by atoms with E-state index in [9.17, 15) is 0 Å². The van der Waals surface area contributed by atoms with Gasteiger partial charge >= 0.3 is 0 Å². The molecule has 1 aromatic carbocycles. The predicted octanol–water partition coefficient (Wildman–Crippen LogP) is 4.28. The lowest BCUT2D eigenvalue weighted by Gasteiger charge is -2.29. The van der Waals surface area contributed by atoms with Gasteiger partial charge in [-0.15, -0.1) is 0 Å². The summed E-state index contributed by atoms with van der Waals surface area (Å²) in [7, 11) is -1.12. The van der Waals surface area contributed by atoms with Crippen molar-refractivity contribution in [2.24, 2.45) is 10.9 Å². The molecule has 0 bridgehead atoms. The maximum Gasteiger partial charge on any atom is 0.217 e. The molecule has 1 N–H and O–H groups in total. The SMILES string of the molecule is C=C(/N=C/c1cc(C)ccc1OCC1CCNCC1)OS(C)(C)CC. The van der Waals surface area contributed by atoms with Crippen LogP contribution in [0.25, 0.3) is 0 Å². The zero-order valence-corrected chi connectivity index (χ0v) is 16.8. The molecule has 4 nitrogen and oxygen atoms in total. The molecule has 0 amide bonds. The maximum atomic E-state index is 6.10. The van der Waals surface area contributed by atoms with Crippen LogP contribution in [0.5, 0.6) is 5.75 Å². The molecule has 0 spiro atoms. The molecule has 0 radical (unpaired) electrons. The van der Waals surface area contributed by atoms with E-state index >= 15 is 0 Å². The summed E-state index contributed by atoms with van der Waals surface area (Å²) in [5, 5.41) is 3.39. The number of rotatable bonds is 8. The average Bonchev–Trinajstić information content (AvgIpc) is 2.59. The first-order valence-corrected chi connectivity index (χ1v) is 11.5. The first-order valence-electron chi connectivity index (χ1n) is 8.97. The minimum absolute atomic E-state index is 0.465. The Morgan fingerprint density at radius 2 is 2.08 bits per heavy atom. The quantitative estimate of drug-likeness (QED) is 0.553. The average molecular weight is 365 g/mol. The van der Waals surface area contributed by atoms with Crippen LogP contribution in [-0.2, 0) is 4.18 Å². The highest BCUT2D eigenvalue weighted by atomic mass is 32.3. The Labute approximate surface area is 154 Å². The van der Waals surface area contributed by atoms with Crippen LogP contribution in [0.2, 0.25) is 0 Å². The lowest BCUT2D eigenvalue weighted by atomic mass is 9.99. The summed E-state index contributed by atoms with van der Waals surface area (Å²) in [4.78, 5) is 4.41. The molecule has 1 heterocycles. The number of piperidine rings is 1. The van der Waals surface area contributed by atoms with Gasteiger partial charge in [0, 0.05) is 17.5 Å². The molecule has 0 atom stereocenters. The number of nitrogens with zero attached hydrogens (tertiary/aromatic N) is 1. The molecule has 5 heteroatoms. The van der Waals surface area contributed by atoms with Gasteiger partial charge in [-0.05, 0) is 70.0 Å². The Kier molecular flexibility index (Phi) is 7.38. The van der Waals surface area contributed by atoms with Crippen LogP contribution in [0, 0.1) is 12.8 Å². The van der Waals surface area contributed by atoms with E-state index in [2.05, 4.69) is 55.4 Å². The van der Waals surface area contributed by atoms with Crippen molar-refractivity contribution in [2.75, 3.05) is 38.0 Å². The molecule has 2 rings (SSSR count). The van der Waals surface area contributed by atoms with Gasteiger partial charge in [0.05, 0.1) is 6.61 Å². The second-order valence-corrected chi connectivity index (χ2v) is 10.6. The van der Waals surface area contributed by atoms with Crippen molar-refractivity contribution in [2.45, 2.75) is 26.7 Å². The summed E-state index contributed by atoms with van der Waals surface area (Å²) >= 11 is 0. The summed E-state index contributed by atoms with van der Waals surface area (Å²) in [5.41, 5.74) is 2.16. The Balaban J connectivity index is 2.02. The number of benzene rings is 1. The molecule has 25 heavy (non-hydrogen) atoms. The van der Waals surface area contributed by atoms with E-state index in [0.29, 0.717) is 11.8 Å². The Hall–Kier alpha value is -1.46. The molecule has 1 saturated heterocycles. The second-order valence-electron chi connectivity index (χ2n) is 7.01. The van der Waals surface area contributed by atoms with Crippen LogP contribution < -0.4 is 10.1 Å². The molecular formula is C20H32N2O2S. The third-order valence-corrected chi connectivity index (χ3v) is 6.50. The molecule has 1 aliphatic rings. The third kappa shape index (κ3) is 6.75.